The van der Waals surface area contributed by atoms with Crippen molar-refractivity contribution in [2.45, 2.75) is 31.7 Å². The molecule has 0 aromatic carbocycles. The van der Waals surface area contributed by atoms with E-state index in [4.69, 9.17) is 5.11 Å². The van der Waals surface area contributed by atoms with Crippen LogP contribution in [-0.2, 0) is 9.59 Å². The number of hydrogen-bond acceptors (Lipinski definition) is 5. The molecule has 0 amide bonds. The van der Waals surface area contributed by atoms with Crippen LogP contribution >= 0.6 is 11.8 Å². The summed E-state index contributed by atoms with van der Waals surface area (Å²) >= 11 is 1.54. The molecule has 0 aromatic heterocycles. The largest absolute Gasteiger partial charge is 0.512 e. The second-order valence-corrected chi connectivity index (χ2v) is 5.04. The molecule has 0 bridgehead atoms. The number of carbonyl (C=O) groups excluding carboxylic acids is 1. The van der Waals surface area contributed by atoms with Crippen molar-refractivity contribution in [1.82, 2.24) is 0 Å². The fourth-order valence-electron chi connectivity index (χ4n) is 1.65. The number of hydrogen-bond donors (Lipinski definition) is 2. The molecule has 0 aliphatic heterocycles. The van der Waals surface area contributed by atoms with Crippen LogP contribution in [0.3, 0.4) is 0 Å². The van der Waals surface area contributed by atoms with Gasteiger partial charge < -0.3 is 10.2 Å². The van der Waals surface area contributed by atoms with Gasteiger partial charge in [0.2, 0.25) is 0 Å². The summed E-state index contributed by atoms with van der Waals surface area (Å²) in [4.78, 5) is 26.4. The van der Waals surface area contributed by atoms with Crippen LogP contribution in [0.15, 0.2) is 16.3 Å². The fraction of sp³-hybridized carbons (Fsp3) is 0.583. The van der Waals surface area contributed by atoms with E-state index in [1.165, 1.54) is 6.21 Å². The number of nitrogens with zero attached hydrogens (tertiary/aromatic N) is 1. The maximum atomic E-state index is 11.5. The Kier molecular flexibility index (Phi) is 5.91. The number of allylic oxidation sites excluding steroid dienone is 2. The van der Waals surface area contributed by atoms with E-state index in [9.17, 15) is 14.7 Å². The lowest BCUT2D eigenvalue weighted by molar-refractivity contribution is -0.138. The van der Waals surface area contributed by atoms with Gasteiger partial charge in [0, 0.05) is 19.1 Å². The zero-order valence-electron chi connectivity index (χ0n) is 10.3. The number of carbonyl (C=O) groups is 2. The standard InChI is InChI=1S/C12H17NO4S/c1-18-6-5-9(12(16)17)13-7-8-10(14)3-2-4-11(8)15/h7,9,14H,2-6H2,1H3,(H,16,17)/t9-/m0/s1. The van der Waals surface area contributed by atoms with Crippen LogP contribution < -0.4 is 0 Å². The maximum absolute atomic E-state index is 11.5. The van der Waals surface area contributed by atoms with Crippen molar-refractivity contribution in [3.8, 4) is 0 Å². The van der Waals surface area contributed by atoms with Crippen LogP contribution in [0, 0.1) is 0 Å². The Morgan fingerprint density at radius 3 is 2.83 bits per heavy atom. The van der Waals surface area contributed by atoms with E-state index in [1.807, 2.05) is 6.26 Å². The maximum Gasteiger partial charge on any atom is 0.328 e. The second-order valence-electron chi connectivity index (χ2n) is 4.05. The number of carboxylic acid groups (broad SMARTS) is 1. The number of aliphatic hydroxyl groups is 1. The molecule has 0 fully saturated rings. The molecule has 18 heavy (non-hydrogen) atoms. The molecule has 100 valence electrons. The molecule has 6 heteroatoms. The Bertz CT molecular complexity index is 390. The summed E-state index contributed by atoms with van der Waals surface area (Å²) in [5.41, 5.74) is 0.164. The van der Waals surface area contributed by atoms with E-state index in [0.29, 0.717) is 31.4 Å². The van der Waals surface area contributed by atoms with Crippen LogP contribution in [0.4, 0.5) is 0 Å². The molecule has 2 N–H and O–H groups in total. The molecular formula is C12H17NO4S. The number of rotatable bonds is 6. The first-order chi connectivity index (χ1) is 8.56. The SMILES string of the molecule is CSCC[C@H](N=CC1=C(O)CCCC1=O)C(=O)O. The van der Waals surface area contributed by atoms with Gasteiger partial charge in [0.1, 0.15) is 11.8 Å². The normalized spacial score (nSPS) is 18.4. The molecule has 1 rings (SSSR count). The van der Waals surface area contributed by atoms with Gasteiger partial charge in [0.05, 0.1) is 5.57 Å². The van der Waals surface area contributed by atoms with E-state index in [0.717, 1.165) is 0 Å². The van der Waals surface area contributed by atoms with Gasteiger partial charge in [-0.15, -0.1) is 0 Å². The highest BCUT2D eigenvalue weighted by atomic mass is 32.2. The minimum atomic E-state index is -1.01. The second kappa shape index (κ2) is 7.20. The average molecular weight is 271 g/mol. The summed E-state index contributed by atoms with van der Waals surface area (Å²) in [6.07, 6.45) is 4.99. The topological polar surface area (TPSA) is 87.0 Å². The van der Waals surface area contributed by atoms with Gasteiger partial charge in [-0.05, 0) is 24.9 Å². The molecular weight excluding hydrogens is 254 g/mol. The minimum absolute atomic E-state index is 0.0176. The van der Waals surface area contributed by atoms with Crippen molar-refractivity contribution >= 4 is 29.7 Å². The van der Waals surface area contributed by atoms with Crippen LogP contribution in [0.5, 0.6) is 0 Å². The molecule has 0 radical (unpaired) electrons. The summed E-state index contributed by atoms with van der Waals surface area (Å²) in [5, 5.41) is 18.6. The van der Waals surface area contributed by atoms with Crippen molar-refractivity contribution < 1.29 is 19.8 Å². The summed E-state index contributed by atoms with van der Waals surface area (Å²) in [5.74, 6) is -0.475. The first-order valence-electron chi connectivity index (χ1n) is 5.76. The van der Waals surface area contributed by atoms with Gasteiger partial charge in [0.25, 0.3) is 0 Å². The summed E-state index contributed by atoms with van der Waals surface area (Å²) in [6.45, 7) is 0. The van der Waals surface area contributed by atoms with Crippen LogP contribution in [0.1, 0.15) is 25.7 Å². The van der Waals surface area contributed by atoms with E-state index in [-0.39, 0.29) is 17.1 Å². The first-order valence-corrected chi connectivity index (χ1v) is 7.16. The van der Waals surface area contributed by atoms with Crippen LogP contribution in [0.25, 0.3) is 0 Å². The van der Waals surface area contributed by atoms with E-state index in [2.05, 4.69) is 4.99 Å². The number of aliphatic carboxylic acids is 1. The smallest absolute Gasteiger partial charge is 0.328 e. The molecule has 5 nitrogen and oxygen atoms in total. The molecule has 0 saturated heterocycles. The third-order valence-corrected chi connectivity index (χ3v) is 3.34. The number of ketones is 1. The molecule has 0 unspecified atom stereocenters. The number of Topliss-reactive ketones (excluding diaryl/α,β-unsaturated/α-hetero) is 1. The minimum Gasteiger partial charge on any atom is -0.512 e. The van der Waals surface area contributed by atoms with Crippen molar-refractivity contribution in [1.29, 1.82) is 0 Å². The summed E-state index contributed by atoms with van der Waals surface area (Å²) < 4.78 is 0. The lowest BCUT2D eigenvalue weighted by atomic mass is 9.97. The Balaban J connectivity index is 2.76. The molecule has 1 aliphatic rings. The molecule has 0 spiro atoms. The predicted octanol–water partition coefficient (Wildman–Crippen LogP) is 1.83. The highest BCUT2D eigenvalue weighted by molar-refractivity contribution is 7.98. The Hall–Kier alpha value is -1.30. The third-order valence-electron chi connectivity index (χ3n) is 2.69. The summed E-state index contributed by atoms with van der Waals surface area (Å²) in [6, 6.07) is -0.854. The van der Waals surface area contributed by atoms with Crippen LogP contribution in [0.2, 0.25) is 0 Å². The molecule has 0 saturated carbocycles. The van der Waals surface area contributed by atoms with Gasteiger partial charge in [-0.25, -0.2) is 4.79 Å². The molecule has 0 aromatic rings. The molecule has 0 heterocycles. The van der Waals surface area contributed by atoms with Crippen LogP contribution in [-0.4, -0.2) is 46.2 Å². The molecule has 1 aliphatic carbocycles. The van der Waals surface area contributed by atoms with E-state index < -0.39 is 12.0 Å². The lowest BCUT2D eigenvalue weighted by Crippen LogP contribution is -2.20. The summed E-state index contributed by atoms with van der Waals surface area (Å²) in [7, 11) is 0. The lowest BCUT2D eigenvalue weighted by Gasteiger charge is -2.12. The van der Waals surface area contributed by atoms with E-state index >= 15 is 0 Å². The fourth-order valence-corrected chi connectivity index (χ4v) is 2.11. The van der Waals surface area contributed by atoms with Gasteiger partial charge in [-0.3, -0.25) is 9.79 Å². The first kappa shape index (κ1) is 14.8. The monoisotopic (exact) mass is 271 g/mol. The van der Waals surface area contributed by atoms with Crippen molar-refractivity contribution in [3.63, 3.8) is 0 Å². The number of aliphatic imine (C=N–C) groups is 1. The van der Waals surface area contributed by atoms with Crippen molar-refractivity contribution in [2.75, 3.05) is 12.0 Å². The van der Waals surface area contributed by atoms with E-state index in [1.54, 1.807) is 11.8 Å². The third kappa shape index (κ3) is 4.18. The average Bonchev–Trinajstić information content (AvgIpc) is 2.31. The van der Waals surface area contributed by atoms with Gasteiger partial charge in [-0.1, -0.05) is 0 Å². The van der Waals surface area contributed by atoms with Gasteiger partial charge in [0.15, 0.2) is 5.78 Å². The predicted molar refractivity (Wildman–Crippen MR) is 71.4 cm³/mol. The number of carboxylic acids is 1. The van der Waals surface area contributed by atoms with Gasteiger partial charge in [-0.2, -0.15) is 11.8 Å². The zero-order chi connectivity index (χ0) is 13.5. The highest BCUT2D eigenvalue weighted by Gasteiger charge is 2.20. The zero-order valence-corrected chi connectivity index (χ0v) is 11.1. The number of thioether (sulfide) groups is 1. The van der Waals surface area contributed by atoms with Gasteiger partial charge >= 0.3 is 5.97 Å². The highest BCUT2D eigenvalue weighted by Crippen LogP contribution is 2.18. The Morgan fingerprint density at radius 1 is 1.56 bits per heavy atom. The van der Waals surface area contributed by atoms with Crippen molar-refractivity contribution in [2.24, 2.45) is 4.99 Å². The quantitative estimate of drug-likeness (QED) is 0.720. The molecule has 1 atom stereocenters. The van der Waals surface area contributed by atoms with Crippen molar-refractivity contribution in [3.05, 3.63) is 11.3 Å². The Morgan fingerprint density at radius 2 is 2.28 bits per heavy atom. The Labute approximate surface area is 110 Å². The number of aliphatic hydroxyl groups excluding tert-OH is 1.